The lowest BCUT2D eigenvalue weighted by atomic mass is 10.3. The van der Waals surface area contributed by atoms with E-state index in [1.165, 1.54) is 18.6 Å². The summed E-state index contributed by atoms with van der Waals surface area (Å²) < 4.78 is 31.0. The van der Waals surface area contributed by atoms with Gasteiger partial charge < -0.3 is 10.1 Å². The number of carbonyl (C=O) groups is 1. The van der Waals surface area contributed by atoms with Crippen LogP contribution in [0.5, 0.6) is 0 Å². The third-order valence-electron chi connectivity index (χ3n) is 2.40. The Labute approximate surface area is 129 Å². The number of halogens is 1. The molecule has 1 atom stereocenters. The Hall–Kier alpha value is -0.670. The van der Waals surface area contributed by atoms with Gasteiger partial charge in [-0.25, -0.2) is 17.9 Å². The summed E-state index contributed by atoms with van der Waals surface area (Å²) in [5.74, 6) is -0.535. The van der Waals surface area contributed by atoms with Gasteiger partial charge in [-0.15, -0.1) is 23.7 Å². The van der Waals surface area contributed by atoms with E-state index in [1.807, 2.05) is 13.8 Å². The van der Waals surface area contributed by atoms with Gasteiger partial charge in [-0.05, 0) is 19.5 Å². The van der Waals surface area contributed by atoms with E-state index in [9.17, 15) is 13.2 Å². The second kappa shape index (κ2) is 8.58. The molecule has 0 saturated heterocycles. The third kappa shape index (κ3) is 5.37. The number of carbonyl (C=O) groups excluding carboxylic acids is 1. The van der Waals surface area contributed by atoms with Gasteiger partial charge in [0.2, 0.25) is 10.0 Å². The highest BCUT2D eigenvalue weighted by Gasteiger charge is 2.19. The Morgan fingerprint density at radius 3 is 2.70 bits per heavy atom. The molecule has 9 heteroatoms. The summed E-state index contributed by atoms with van der Waals surface area (Å²) in [7, 11) is -2.33. The summed E-state index contributed by atoms with van der Waals surface area (Å²) in [5.41, 5.74) is 0. The fourth-order valence-corrected chi connectivity index (χ4v) is 3.73. The van der Waals surface area contributed by atoms with E-state index < -0.39 is 16.0 Å². The maximum absolute atomic E-state index is 12.0. The van der Waals surface area contributed by atoms with E-state index in [2.05, 4.69) is 14.8 Å². The number of likely N-dealkylation sites (N-methyl/N-ethyl adjacent to an activating group) is 1. The van der Waals surface area contributed by atoms with E-state index in [4.69, 9.17) is 0 Å². The lowest BCUT2D eigenvalue weighted by molar-refractivity contribution is 0.0606. The predicted molar refractivity (Wildman–Crippen MR) is 81.2 cm³/mol. The maximum Gasteiger partial charge on any atom is 0.348 e. The average molecular weight is 343 g/mol. The Morgan fingerprint density at radius 2 is 2.15 bits per heavy atom. The van der Waals surface area contributed by atoms with E-state index in [0.717, 1.165) is 17.9 Å². The Bertz CT molecular complexity index is 530. The number of hydrogen-bond donors (Lipinski definition) is 2. The number of sulfonamides is 1. The highest BCUT2D eigenvalue weighted by atomic mass is 35.5. The zero-order chi connectivity index (χ0) is 14.5. The Kier molecular flexibility index (Phi) is 8.29. The molecular formula is C11H19ClN2O4S2. The van der Waals surface area contributed by atoms with Gasteiger partial charge in [0.25, 0.3) is 0 Å². The second-order valence-electron chi connectivity index (χ2n) is 3.95. The molecule has 1 aromatic heterocycles. The lowest BCUT2D eigenvalue weighted by Crippen LogP contribution is -2.38. The summed E-state index contributed by atoms with van der Waals surface area (Å²) in [5, 5.41) is 4.53. The zero-order valence-corrected chi connectivity index (χ0v) is 14.0. The highest BCUT2D eigenvalue weighted by molar-refractivity contribution is 7.89. The molecule has 0 unspecified atom stereocenters. The highest BCUT2D eigenvalue weighted by Crippen LogP contribution is 2.19. The molecule has 0 aliphatic rings. The zero-order valence-electron chi connectivity index (χ0n) is 11.5. The van der Waals surface area contributed by atoms with Crippen LogP contribution < -0.4 is 10.0 Å². The largest absolute Gasteiger partial charge is 0.465 e. The van der Waals surface area contributed by atoms with Crippen LogP contribution in [0.15, 0.2) is 16.3 Å². The van der Waals surface area contributed by atoms with Gasteiger partial charge in [0.15, 0.2) is 0 Å². The van der Waals surface area contributed by atoms with Crippen molar-refractivity contribution in [1.82, 2.24) is 10.0 Å². The number of thiophene rings is 1. The van der Waals surface area contributed by atoms with Crippen molar-refractivity contribution in [1.29, 1.82) is 0 Å². The molecule has 116 valence electrons. The number of esters is 1. The van der Waals surface area contributed by atoms with Crippen molar-refractivity contribution in [2.45, 2.75) is 24.8 Å². The van der Waals surface area contributed by atoms with Gasteiger partial charge in [-0.1, -0.05) is 6.92 Å². The van der Waals surface area contributed by atoms with Gasteiger partial charge in [-0.3, -0.25) is 0 Å². The Balaban J connectivity index is 0.00000361. The van der Waals surface area contributed by atoms with Crippen molar-refractivity contribution in [3.05, 3.63) is 16.3 Å². The van der Waals surface area contributed by atoms with E-state index in [-0.39, 0.29) is 28.2 Å². The third-order valence-corrected chi connectivity index (χ3v) is 4.87. The minimum absolute atomic E-state index is 0. The summed E-state index contributed by atoms with van der Waals surface area (Å²) in [6, 6.07) is 1.36. The molecule has 20 heavy (non-hydrogen) atoms. The quantitative estimate of drug-likeness (QED) is 0.728. The van der Waals surface area contributed by atoms with Crippen molar-refractivity contribution in [2.75, 3.05) is 20.2 Å². The van der Waals surface area contributed by atoms with E-state index >= 15 is 0 Å². The van der Waals surface area contributed by atoms with Crippen LogP contribution in [0.4, 0.5) is 0 Å². The van der Waals surface area contributed by atoms with Gasteiger partial charge in [-0.2, -0.15) is 0 Å². The molecule has 0 aliphatic carbocycles. The van der Waals surface area contributed by atoms with Crippen molar-refractivity contribution < 1.29 is 17.9 Å². The van der Waals surface area contributed by atoms with Crippen LogP contribution in [-0.2, 0) is 14.8 Å². The molecule has 0 saturated carbocycles. The number of methoxy groups -OCH3 is 1. The first-order valence-electron chi connectivity index (χ1n) is 5.80. The van der Waals surface area contributed by atoms with E-state index in [0.29, 0.717) is 6.54 Å². The Morgan fingerprint density at radius 1 is 1.50 bits per heavy atom. The molecule has 0 bridgehead atoms. The van der Waals surface area contributed by atoms with Gasteiger partial charge in [0, 0.05) is 18.0 Å². The fourth-order valence-electron chi connectivity index (χ4n) is 1.41. The SMILES string of the molecule is CCN[C@H](C)CNS(=O)(=O)c1csc(C(=O)OC)c1.Cl. The first-order chi connectivity index (χ1) is 8.90. The van der Waals surface area contributed by atoms with Crippen LogP contribution in [0.3, 0.4) is 0 Å². The first kappa shape index (κ1) is 19.3. The molecule has 0 aliphatic heterocycles. The van der Waals surface area contributed by atoms with Crippen molar-refractivity contribution >= 4 is 39.7 Å². The summed E-state index contributed by atoms with van der Waals surface area (Å²) >= 11 is 1.04. The number of ether oxygens (including phenoxy) is 1. The molecule has 1 aromatic rings. The molecule has 0 amide bonds. The standard InChI is InChI=1S/C11H18N2O4S2.ClH/c1-4-12-8(2)6-13-19(15,16)9-5-10(18-7-9)11(14)17-3;/h5,7-8,12-13H,4,6H2,1-3H3;1H/t8-;/m1./s1. The lowest BCUT2D eigenvalue weighted by Gasteiger charge is -2.12. The van der Waals surface area contributed by atoms with Gasteiger partial charge >= 0.3 is 5.97 Å². The summed E-state index contributed by atoms with van der Waals surface area (Å²) in [6.45, 7) is 4.90. The van der Waals surface area contributed by atoms with Crippen molar-refractivity contribution in [2.24, 2.45) is 0 Å². The maximum atomic E-state index is 12.0. The number of hydrogen-bond acceptors (Lipinski definition) is 6. The summed E-state index contributed by atoms with van der Waals surface area (Å²) in [6.07, 6.45) is 0. The normalized spacial score (nSPS) is 12.6. The van der Waals surface area contributed by atoms with Crippen LogP contribution >= 0.6 is 23.7 Å². The monoisotopic (exact) mass is 342 g/mol. The smallest absolute Gasteiger partial charge is 0.348 e. The minimum Gasteiger partial charge on any atom is -0.465 e. The van der Waals surface area contributed by atoms with Gasteiger partial charge in [0.05, 0.1) is 12.0 Å². The molecule has 1 rings (SSSR count). The number of rotatable bonds is 7. The molecule has 6 nitrogen and oxygen atoms in total. The van der Waals surface area contributed by atoms with Crippen molar-refractivity contribution in [3.8, 4) is 0 Å². The fraction of sp³-hybridized carbons (Fsp3) is 0.545. The molecular weight excluding hydrogens is 324 g/mol. The predicted octanol–water partition coefficient (Wildman–Crippen LogP) is 1.23. The van der Waals surface area contributed by atoms with Gasteiger partial charge in [0.1, 0.15) is 4.88 Å². The van der Waals surface area contributed by atoms with Crippen LogP contribution in [0.1, 0.15) is 23.5 Å². The molecule has 0 radical (unpaired) electrons. The topological polar surface area (TPSA) is 84.5 Å². The molecule has 0 fully saturated rings. The van der Waals surface area contributed by atoms with Crippen LogP contribution in [0, 0.1) is 0 Å². The first-order valence-corrected chi connectivity index (χ1v) is 8.17. The van der Waals surface area contributed by atoms with Crippen molar-refractivity contribution in [3.63, 3.8) is 0 Å². The molecule has 2 N–H and O–H groups in total. The molecule has 1 heterocycles. The molecule has 0 aromatic carbocycles. The average Bonchev–Trinajstić information content (AvgIpc) is 2.86. The van der Waals surface area contributed by atoms with Crippen LogP contribution in [-0.4, -0.2) is 40.6 Å². The summed E-state index contributed by atoms with van der Waals surface area (Å²) in [4.78, 5) is 11.6. The van der Waals surface area contributed by atoms with E-state index in [1.54, 1.807) is 0 Å². The van der Waals surface area contributed by atoms with Crippen LogP contribution in [0.25, 0.3) is 0 Å². The second-order valence-corrected chi connectivity index (χ2v) is 6.63. The minimum atomic E-state index is -3.58. The van der Waals surface area contributed by atoms with Crippen LogP contribution in [0.2, 0.25) is 0 Å². The molecule has 0 spiro atoms. The number of nitrogens with one attached hydrogen (secondary N) is 2.